The molecule has 2 saturated heterocycles. The molecule has 5 heteroatoms. The highest BCUT2D eigenvalue weighted by Crippen LogP contribution is 2.44. The number of hydrogen-bond donors (Lipinski definition) is 0. The van der Waals surface area contributed by atoms with Crippen molar-refractivity contribution in [2.45, 2.75) is 30.9 Å². The lowest BCUT2D eigenvalue weighted by Crippen LogP contribution is -2.45. The first-order valence-electron chi connectivity index (χ1n) is 7.38. The lowest BCUT2D eigenvalue weighted by Gasteiger charge is -2.32. The zero-order valence-electron chi connectivity index (χ0n) is 11.5. The fourth-order valence-corrected chi connectivity index (χ4v) is 4.22. The minimum Gasteiger partial charge on any atom is -0.469 e. The Morgan fingerprint density at radius 3 is 3.19 bits per heavy atom. The van der Waals surface area contributed by atoms with E-state index in [2.05, 4.69) is 31.9 Å². The van der Waals surface area contributed by atoms with Crippen molar-refractivity contribution in [1.29, 1.82) is 0 Å². The van der Waals surface area contributed by atoms with Crippen molar-refractivity contribution < 1.29 is 9.15 Å². The minimum atomic E-state index is -0.0331. The molecule has 0 amide bonds. The summed E-state index contributed by atoms with van der Waals surface area (Å²) in [6, 6.07) is 4.98. The molecule has 4 nitrogen and oxygen atoms in total. The minimum absolute atomic E-state index is 0.0331. The standard InChI is InChI=1S/C16H15BrN2O2/c17-14-13(2-4-20-14)11-5-10-6-16(21-15(10)18-7-11)3-1-12-8-19(12)9-16/h2,4-5,7,12H,1,3,6,8-9H2/t12?,16-,19?/m0/s1. The molecule has 5 heterocycles. The molecule has 0 bridgehead atoms. The molecule has 5 rings (SSSR count). The first-order valence-corrected chi connectivity index (χ1v) is 8.17. The van der Waals surface area contributed by atoms with Crippen molar-refractivity contribution in [2.75, 3.05) is 13.1 Å². The van der Waals surface area contributed by atoms with Crippen LogP contribution in [0.5, 0.6) is 5.88 Å². The van der Waals surface area contributed by atoms with Gasteiger partial charge in [0.05, 0.1) is 6.26 Å². The fraction of sp³-hybridized carbons (Fsp3) is 0.438. The second-order valence-corrected chi connectivity index (χ2v) is 7.10. The highest BCUT2D eigenvalue weighted by molar-refractivity contribution is 9.10. The summed E-state index contributed by atoms with van der Waals surface area (Å²) in [4.78, 5) is 7.06. The predicted molar refractivity (Wildman–Crippen MR) is 81.3 cm³/mol. The van der Waals surface area contributed by atoms with Crippen LogP contribution in [0.4, 0.5) is 0 Å². The third-order valence-electron chi connectivity index (χ3n) is 4.93. The molecule has 0 radical (unpaired) electrons. The van der Waals surface area contributed by atoms with E-state index in [0.717, 1.165) is 47.1 Å². The van der Waals surface area contributed by atoms with Gasteiger partial charge in [0, 0.05) is 48.4 Å². The summed E-state index contributed by atoms with van der Waals surface area (Å²) in [6.45, 7) is 2.31. The number of hydrogen-bond acceptors (Lipinski definition) is 4. The predicted octanol–water partition coefficient (Wildman–Crippen LogP) is 3.26. The molecular formula is C16H15BrN2O2. The van der Waals surface area contributed by atoms with Gasteiger partial charge >= 0.3 is 0 Å². The van der Waals surface area contributed by atoms with E-state index in [9.17, 15) is 0 Å². The molecule has 3 atom stereocenters. The molecule has 2 aromatic heterocycles. The van der Waals surface area contributed by atoms with Gasteiger partial charge in [-0.05, 0) is 40.9 Å². The lowest BCUT2D eigenvalue weighted by molar-refractivity contribution is 0.0422. The number of piperidine rings is 1. The maximum Gasteiger partial charge on any atom is 0.217 e. The average Bonchev–Trinajstić information content (AvgIpc) is 2.95. The number of aromatic nitrogens is 1. The van der Waals surface area contributed by atoms with Crippen molar-refractivity contribution in [1.82, 2.24) is 9.88 Å². The van der Waals surface area contributed by atoms with Gasteiger partial charge < -0.3 is 9.15 Å². The molecule has 3 aliphatic rings. The Kier molecular flexibility index (Phi) is 2.39. The van der Waals surface area contributed by atoms with Crippen LogP contribution in [0.25, 0.3) is 11.1 Å². The van der Waals surface area contributed by atoms with E-state index in [-0.39, 0.29) is 5.60 Å². The molecule has 0 N–H and O–H groups in total. The zero-order valence-corrected chi connectivity index (χ0v) is 13.1. The Morgan fingerprint density at radius 1 is 1.43 bits per heavy atom. The fourth-order valence-electron chi connectivity index (χ4n) is 3.75. The topological polar surface area (TPSA) is 38.3 Å². The number of ether oxygens (including phenoxy) is 1. The van der Waals surface area contributed by atoms with E-state index < -0.39 is 0 Å². The monoisotopic (exact) mass is 346 g/mol. The van der Waals surface area contributed by atoms with Crippen LogP contribution in [0.1, 0.15) is 18.4 Å². The summed E-state index contributed by atoms with van der Waals surface area (Å²) in [7, 11) is 0. The molecule has 2 fully saturated rings. The van der Waals surface area contributed by atoms with Crippen LogP contribution < -0.4 is 4.74 Å². The summed E-state index contributed by atoms with van der Waals surface area (Å²) in [5.41, 5.74) is 3.31. The van der Waals surface area contributed by atoms with Crippen molar-refractivity contribution in [3.05, 3.63) is 34.8 Å². The highest BCUT2D eigenvalue weighted by atomic mass is 79.9. The largest absolute Gasteiger partial charge is 0.469 e. The molecule has 0 aromatic carbocycles. The van der Waals surface area contributed by atoms with Gasteiger partial charge in [-0.1, -0.05) is 0 Å². The third kappa shape index (κ3) is 1.87. The normalized spacial score (nSPS) is 32.6. The maximum atomic E-state index is 6.25. The van der Waals surface area contributed by atoms with E-state index in [1.807, 2.05) is 12.3 Å². The number of fused-ring (bicyclic) bond motifs is 2. The lowest BCUT2D eigenvalue weighted by atomic mass is 9.89. The molecule has 2 aromatic rings. The van der Waals surface area contributed by atoms with Gasteiger partial charge in [0.15, 0.2) is 4.67 Å². The second kappa shape index (κ2) is 4.11. The van der Waals surface area contributed by atoms with Gasteiger partial charge in [0.25, 0.3) is 0 Å². The molecule has 2 unspecified atom stereocenters. The molecule has 1 spiro atoms. The van der Waals surface area contributed by atoms with Crippen LogP contribution in [0.15, 0.2) is 33.7 Å². The van der Waals surface area contributed by atoms with Gasteiger partial charge in [-0.25, -0.2) is 4.98 Å². The average molecular weight is 347 g/mol. The quantitative estimate of drug-likeness (QED) is 0.743. The number of nitrogens with zero attached hydrogens (tertiary/aromatic N) is 2. The van der Waals surface area contributed by atoms with Crippen molar-refractivity contribution in [3.63, 3.8) is 0 Å². The number of halogens is 1. The molecule has 0 aliphatic carbocycles. The molecule has 0 saturated carbocycles. The van der Waals surface area contributed by atoms with E-state index in [0.29, 0.717) is 0 Å². The van der Waals surface area contributed by atoms with Crippen LogP contribution >= 0.6 is 15.9 Å². The first-order chi connectivity index (χ1) is 10.2. The van der Waals surface area contributed by atoms with Crippen LogP contribution in [0.3, 0.4) is 0 Å². The van der Waals surface area contributed by atoms with Gasteiger partial charge in [-0.15, -0.1) is 0 Å². The summed E-state index contributed by atoms with van der Waals surface area (Å²) >= 11 is 3.43. The number of furan rings is 1. The van der Waals surface area contributed by atoms with Gasteiger partial charge in [0.1, 0.15) is 5.60 Å². The van der Waals surface area contributed by atoms with Crippen LogP contribution in [0.2, 0.25) is 0 Å². The van der Waals surface area contributed by atoms with Crippen LogP contribution in [0, 0.1) is 0 Å². The van der Waals surface area contributed by atoms with E-state index in [1.165, 1.54) is 18.5 Å². The smallest absolute Gasteiger partial charge is 0.217 e. The van der Waals surface area contributed by atoms with E-state index >= 15 is 0 Å². The highest BCUT2D eigenvalue weighted by Gasteiger charge is 2.51. The summed E-state index contributed by atoms with van der Waals surface area (Å²) in [6.07, 6.45) is 6.94. The van der Waals surface area contributed by atoms with Gasteiger partial charge in [-0.2, -0.15) is 0 Å². The Balaban J connectivity index is 1.48. The van der Waals surface area contributed by atoms with Gasteiger partial charge in [-0.3, -0.25) is 4.90 Å². The van der Waals surface area contributed by atoms with Crippen molar-refractivity contribution >= 4 is 15.9 Å². The summed E-state index contributed by atoms with van der Waals surface area (Å²) in [5.74, 6) is 0.818. The zero-order chi connectivity index (χ0) is 14.0. The Bertz CT molecular complexity index is 729. The Labute approximate surface area is 131 Å². The van der Waals surface area contributed by atoms with E-state index in [1.54, 1.807) is 6.26 Å². The number of pyridine rings is 1. The molecule has 108 valence electrons. The van der Waals surface area contributed by atoms with E-state index in [4.69, 9.17) is 9.15 Å². The van der Waals surface area contributed by atoms with Gasteiger partial charge in [0.2, 0.25) is 5.88 Å². The molecule has 21 heavy (non-hydrogen) atoms. The van der Waals surface area contributed by atoms with Crippen molar-refractivity contribution in [3.8, 4) is 17.0 Å². The molecule has 3 aliphatic heterocycles. The Hall–Kier alpha value is -1.33. The third-order valence-corrected chi connectivity index (χ3v) is 5.55. The van der Waals surface area contributed by atoms with Crippen molar-refractivity contribution in [2.24, 2.45) is 0 Å². The summed E-state index contributed by atoms with van der Waals surface area (Å²) < 4.78 is 12.3. The summed E-state index contributed by atoms with van der Waals surface area (Å²) in [5, 5.41) is 0. The second-order valence-electron chi connectivity index (χ2n) is 6.38. The maximum absolute atomic E-state index is 6.25. The number of rotatable bonds is 1. The SMILES string of the molecule is Brc1occc1-c1cnc2c(c1)C[C@]1(CCC3CN3C1)O2. The van der Waals surface area contributed by atoms with Crippen LogP contribution in [-0.2, 0) is 6.42 Å². The molecular weight excluding hydrogens is 332 g/mol. The van der Waals surface area contributed by atoms with Crippen LogP contribution in [-0.4, -0.2) is 34.6 Å². The first kappa shape index (κ1) is 12.2. The Morgan fingerprint density at radius 2 is 2.38 bits per heavy atom.